The minimum Gasteiger partial charge on any atom is -0.462 e. The molecule has 1 fully saturated rings. The predicted molar refractivity (Wildman–Crippen MR) is 239 cm³/mol. The molecule has 1 saturated heterocycles. The second kappa shape index (κ2) is 34.4. The Balaban J connectivity index is 2.52. The molecule has 1 rings (SSSR count). The molecular formula is C47H93NO10P+. The van der Waals surface area contributed by atoms with Crippen molar-refractivity contribution in [3.63, 3.8) is 0 Å². The number of carbonyl (C=O) groups excluding carboxylic acids is 2. The zero-order valence-electron chi connectivity index (χ0n) is 39.3. The molecule has 1 heterocycles. The monoisotopic (exact) mass is 863 g/mol. The minimum atomic E-state index is -4.46. The van der Waals surface area contributed by atoms with Gasteiger partial charge in [-0.05, 0) is 26.7 Å². The molecule has 12 heteroatoms. The van der Waals surface area contributed by atoms with Crippen LogP contribution >= 0.6 is 7.82 Å². The fourth-order valence-corrected chi connectivity index (χ4v) is 8.24. The molecule has 3 unspecified atom stereocenters. The van der Waals surface area contributed by atoms with E-state index in [9.17, 15) is 19.0 Å². The summed E-state index contributed by atoms with van der Waals surface area (Å²) in [6, 6.07) is 0. The zero-order chi connectivity index (χ0) is 43.7. The Morgan fingerprint density at radius 2 is 1.05 bits per heavy atom. The van der Waals surface area contributed by atoms with E-state index in [1.165, 1.54) is 141 Å². The van der Waals surface area contributed by atoms with Crippen molar-refractivity contribution in [2.24, 2.45) is 0 Å². The molecule has 350 valence electrons. The Labute approximate surface area is 362 Å². The van der Waals surface area contributed by atoms with Crippen LogP contribution in [-0.2, 0) is 42.1 Å². The van der Waals surface area contributed by atoms with E-state index in [1.807, 2.05) is 21.1 Å². The number of carbonyl (C=O) groups is 2. The van der Waals surface area contributed by atoms with Gasteiger partial charge in [0.15, 0.2) is 18.0 Å². The summed E-state index contributed by atoms with van der Waals surface area (Å²) in [5.41, 5.74) is 0. The summed E-state index contributed by atoms with van der Waals surface area (Å²) in [4.78, 5) is 36.7. The lowest BCUT2D eigenvalue weighted by atomic mass is 10.0. The first-order valence-electron chi connectivity index (χ1n) is 24.3. The van der Waals surface area contributed by atoms with Gasteiger partial charge in [-0.25, -0.2) is 9.36 Å². The molecule has 0 aromatic heterocycles. The largest absolute Gasteiger partial charge is 0.472 e. The van der Waals surface area contributed by atoms with Gasteiger partial charge in [0.2, 0.25) is 0 Å². The highest BCUT2D eigenvalue weighted by atomic mass is 31.2. The molecule has 1 N–H and O–H groups in total. The summed E-state index contributed by atoms with van der Waals surface area (Å²) in [5.74, 6) is -2.06. The van der Waals surface area contributed by atoms with Gasteiger partial charge in [-0.2, -0.15) is 0 Å². The van der Waals surface area contributed by atoms with Crippen molar-refractivity contribution in [3.8, 4) is 0 Å². The molecular weight excluding hydrogens is 769 g/mol. The number of phosphoric ester groups is 1. The van der Waals surface area contributed by atoms with Crippen molar-refractivity contribution in [3.05, 3.63) is 0 Å². The predicted octanol–water partition coefficient (Wildman–Crippen LogP) is 12.5. The number of quaternary nitrogens is 1. The van der Waals surface area contributed by atoms with E-state index in [2.05, 4.69) is 13.8 Å². The molecule has 0 aromatic rings. The van der Waals surface area contributed by atoms with Crippen LogP contribution in [-0.4, -0.2) is 92.9 Å². The van der Waals surface area contributed by atoms with Gasteiger partial charge >= 0.3 is 19.8 Å². The molecule has 59 heavy (non-hydrogen) atoms. The van der Waals surface area contributed by atoms with Crippen LogP contribution in [0.15, 0.2) is 0 Å². The van der Waals surface area contributed by atoms with Crippen LogP contribution < -0.4 is 0 Å². The molecule has 0 radical (unpaired) electrons. The van der Waals surface area contributed by atoms with Crippen molar-refractivity contribution in [2.75, 3.05) is 47.5 Å². The lowest BCUT2D eigenvalue weighted by molar-refractivity contribution is -0.870. The van der Waals surface area contributed by atoms with Gasteiger partial charge in [-0.1, -0.05) is 187 Å². The lowest BCUT2D eigenvalue weighted by Crippen LogP contribution is -2.39. The van der Waals surface area contributed by atoms with E-state index in [4.69, 9.17) is 28.0 Å². The van der Waals surface area contributed by atoms with Crippen LogP contribution in [0, 0.1) is 0 Å². The molecule has 11 nitrogen and oxygen atoms in total. The Kier molecular flexibility index (Phi) is 32.6. The highest BCUT2D eigenvalue weighted by Gasteiger charge is 2.46. The van der Waals surface area contributed by atoms with Gasteiger partial charge in [0.25, 0.3) is 0 Å². The fourth-order valence-electron chi connectivity index (χ4n) is 7.50. The third kappa shape index (κ3) is 33.2. The minimum absolute atomic E-state index is 0.000812. The molecule has 0 spiro atoms. The maximum absolute atomic E-state index is 13.6. The maximum Gasteiger partial charge on any atom is 0.472 e. The highest BCUT2D eigenvalue weighted by molar-refractivity contribution is 7.47. The number of hydrogen-bond acceptors (Lipinski definition) is 9. The molecule has 1 aliphatic heterocycles. The topological polar surface area (TPSA) is 127 Å². The van der Waals surface area contributed by atoms with Crippen molar-refractivity contribution in [1.29, 1.82) is 0 Å². The Morgan fingerprint density at radius 1 is 0.627 bits per heavy atom. The second-order valence-corrected chi connectivity index (χ2v) is 20.1. The van der Waals surface area contributed by atoms with Crippen molar-refractivity contribution in [1.82, 2.24) is 0 Å². The van der Waals surface area contributed by atoms with Gasteiger partial charge in [0.05, 0.1) is 33.9 Å². The van der Waals surface area contributed by atoms with E-state index in [-0.39, 0.29) is 19.6 Å². The molecule has 0 amide bonds. The third-order valence-electron chi connectivity index (χ3n) is 11.1. The number of nitrogens with zero attached hydrogens (tertiary/aromatic N) is 1. The Morgan fingerprint density at radius 3 is 1.49 bits per heavy atom. The smallest absolute Gasteiger partial charge is 0.462 e. The van der Waals surface area contributed by atoms with E-state index >= 15 is 0 Å². The summed E-state index contributed by atoms with van der Waals surface area (Å²) in [6.07, 6.45) is 33.1. The SMILES string of the molecule is CCCCCCCCCCCCCCCCCC(=O)OC[C@H](COP(=O)(O)OCC[N+](C)(C)C)OC(=O)C1OC(C)(C)OC1CCCCCCCCCCCCCCC. The first-order valence-corrected chi connectivity index (χ1v) is 25.8. The first-order chi connectivity index (χ1) is 28.2. The van der Waals surface area contributed by atoms with E-state index in [0.717, 1.165) is 32.1 Å². The molecule has 4 atom stereocenters. The second-order valence-electron chi connectivity index (χ2n) is 18.7. The number of hydrogen-bond donors (Lipinski definition) is 1. The standard InChI is InChI=1S/C47H92NO10P/c1-8-10-12-14-16-18-20-22-23-25-27-29-31-33-35-37-44(49)53-40-42(41-55-59(51,52)54-39-38-48(5,6)7)56-46(50)45-43(57-47(3,4)58-45)36-34-32-30-28-26-24-21-19-17-15-13-11-9-2/h42-43,45H,8-41H2,1-7H3/p+1/t42-,43?,45?/m1/s1. The Hall–Kier alpha value is -1.07. The number of ether oxygens (including phenoxy) is 4. The molecule has 0 saturated carbocycles. The summed E-state index contributed by atoms with van der Waals surface area (Å²) in [6.45, 7) is 7.73. The van der Waals surface area contributed by atoms with Crippen molar-refractivity contribution in [2.45, 2.75) is 244 Å². The summed E-state index contributed by atoms with van der Waals surface area (Å²) < 4.78 is 47.1. The van der Waals surface area contributed by atoms with Crippen LogP contribution in [0.4, 0.5) is 0 Å². The number of rotatable bonds is 41. The van der Waals surface area contributed by atoms with E-state index in [1.54, 1.807) is 13.8 Å². The normalized spacial score (nSPS) is 18.2. The summed E-state index contributed by atoms with van der Waals surface area (Å²) in [5, 5.41) is 0. The van der Waals surface area contributed by atoms with Crippen LogP contribution in [0.5, 0.6) is 0 Å². The average molecular weight is 863 g/mol. The van der Waals surface area contributed by atoms with Crippen molar-refractivity contribution >= 4 is 19.8 Å². The zero-order valence-corrected chi connectivity index (χ0v) is 40.2. The van der Waals surface area contributed by atoms with Gasteiger partial charge < -0.3 is 28.3 Å². The fraction of sp³-hybridized carbons (Fsp3) is 0.957. The number of likely N-dealkylation sites (N-methyl/N-ethyl adjacent to an activating group) is 1. The number of phosphoric acid groups is 1. The quantitative estimate of drug-likeness (QED) is 0.0275. The number of unbranched alkanes of at least 4 members (excludes halogenated alkanes) is 26. The van der Waals surface area contributed by atoms with Gasteiger partial charge in [0.1, 0.15) is 19.8 Å². The highest BCUT2D eigenvalue weighted by Crippen LogP contribution is 2.43. The van der Waals surface area contributed by atoms with Crippen molar-refractivity contribution < 1.29 is 51.5 Å². The van der Waals surface area contributed by atoms with Gasteiger partial charge in [-0.15, -0.1) is 0 Å². The van der Waals surface area contributed by atoms with Gasteiger partial charge in [-0.3, -0.25) is 13.8 Å². The lowest BCUT2D eigenvalue weighted by Gasteiger charge is -2.25. The summed E-state index contributed by atoms with van der Waals surface area (Å²) >= 11 is 0. The maximum atomic E-state index is 13.6. The molecule has 0 aliphatic carbocycles. The average Bonchev–Trinajstić information content (AvgIpc) is 3.49. The van der Waals surface area contributed by atoms with Crippen LogP contribution in [0.3, 0.4) is 0 Å². The van der Waals surface area contributed by atoms with Crippen LogP contribution in [0.25, 0.3) is 0 Å². The molecule has 1 aliphatic rings. The first kappa shape index (κ1) is 55.9. The third-order valence-corrected chi connectivity index (χ3v) is 12.1. The molecule has 0 aromatic carbocycles. The number of esters is 2. The Bertz CT molecular complexity index is 1080. The van der Waals surface area contributed by atoms with Crippen LogP contribution in [0.1, 0.15) is 220 Å². The van der Waals surface area contributed by atoms with Gasteiger partial charge in [0, 0.05) is 6.42 Å². The van der Waals surface area contributed by atoms with Crippen LogP contribution in [0.2, 0.25) is 0 Å². The van der Waals surface area contributed by atoms with E-state index < -0.39 is 50.5 Å². The summed E-state index contributed by atoms with van der Waals surface area (Å²) in [7, 11) is 1.36. The molecule has 0 bridgehead atoms. The van der Waals surface area contributed by atoms with E-state index in [0.29, 0.717) is 23.9 Å².